The zero-order chi connectivity index (χ0) is 14.7. The van der Waals surface area contributed by atoms with E-state index in [2.05, 4.69) is 5.43 Å². The standard InChI is InChI=1S/C16H18F2N2/c1-10-3-5-13(17)7-12(10)8-16(20-19)15-9-14(18)6-4-11(15)2/h3-7,9,16,20H,8,19H2,1-2H3. The lowest BCUT2D eigenvalue weighted by Crippen LogP contribution is -2.30. The first-order chi connectivity index (χ1) is 9.51. The minimum Gasteiger partial charge on any atom is -0.271 e. The number of aryl methyl sites for hydroxylation is 2. The maximum Gasteiger partial charge on any atom is 0.123 e. The number of halogens is 2. The summed E-state index contributed by atoms with van der Waals surface area (Å²) in [6.45, 7) is 3.82. The molecule has 0 aliphatic rings. The van der Waals surface area contributed by atoms with E-state index in [0.717, 1.165) is 22.3 Å². The van der Waals surface area contributed by atoms with E-state index in [1.807, 2.05) is 13.8 Å². The molecule has 0 saturated carbocycles. The van der Waals surface area contributed by atoms with Crippen molar-refractivity contribution < 1.29 is 8.78 Å². The van der Waals surface area contributed by atoms with Crippen LogP contribution in [0.1, 0.15) is 28.3 Å². The molecule has 0 aliphatic carbocycles. The zero-order valence-corrected chi connectivity index (χ0v) is 11.6. The third-order valence-corrected chi connectivity index (χ3v) is 3.55. The van der Waals surface area contributed by atoms with E-state index in [9.17, 15) is 8.78 Å². The van der Waals surface area contributed by atoms with Gasteiger partial charge in [-0.15, -0.1) is 0 Å². The van der Waals surface area contributed by atoms with Crippen molar-refractivity contribution in [2.24, 2.45) is 5.84 Å². The highest BCUT2D eigenvalue weighted by molar-refractivity contribution is 5.33. The van der Waals surface area contributed by atoms with Crippen molar-refractivity contribution >= 4 is 0 Å². The highest BCUT2D eigenvalue weighted by Crippen LogP contribution is 2.24. The van der Waals surface area contributed by atoms with Crippen LogP contribution in [0.15, 0.2) is 36.4 Å². The minimum atomic E-state index is -0.304. The summed E-state index contributed by atoms with van der Waals surface area (Å²) in [6, 6.07) is 9.00. The molecule has 2 aromatic carbocycles. The lowest BCUT2D eigenvalue weighted by atomic mass is 9.94. The largest absolute Gasteiger partial charge is 0.271 e. The molecule has 0 fully saturated rings. The van der Waals surface area contributed by atoms with Crippen LogP contribution < -0.4 is 11.3 Å². The molecule has 0 radical (unpaired) electrons. The van der Waals surface area contributed by atoms with E-state index in [1.165, 1.54) is 24.3 Å². The van der Waals surface area contributed by atoms with E-state index in [-0.39, 0.29) is 17.7 Å². The minimum absolute atomic E-state index is 0.258. The fourth-order valence-corrected chi connectivity index (χ4v) is 2.33. The summed E-state index contributed by atoms with van der Waals surface area (Å²) in [5, 5.41) is 0. The van der Waals surface area contributed by atoms with Gasteiger partial charge in [-0.1, -0.05) is 12.1 Å². The normalized spacial score (nSPS) is 12.4. The summed E-state index contributed by atoms with van der Waals surface area (Å²) in [5.41, 5.74) is 6.27. The van der Waals surface area contributed by atoms with Gasteiger partial charge in [0, 0.05) is 0 Å². The number of rotatable bonds is 4. The Hall–Kier alpha value is -1.78. The molecule has 0 aliphatic heterocycles. The first kappa shape index (κ1) is 14.6. The lowest BCUT2D eigenvalue weighted by molar-refractivity contribution is 0.538. The zero-order valence-electron chi connectivity index (χ0n) is 11.6. The smallest absolute Gasteiger partial charge is 0.123 e. The lowest BCUT2D eigenvalue weighted by Gasteiger charge is -2.20. The van der Waals surface area contributed by atoms with Crippen LogP contribution in [0.5, 0.6) is 0 Å². The molecule has 2 rings (SSSR count). The van der Waals surface area contributed by atoms with Crippen molar-refractivity contribution in [2.75, 3.05) is 0 Å². The van der Waals surface area contributed by atoms with Gasteiger partial charge in [-0.25, -0.2) is 8.78 Å². The van der Waals surface area contributed by atoms with Gasteiger partial charge in [0.25, 0.3) is 0 Å². The molecular formula is C16H18F2N2. The van der Waals surface area contributed by atoms with Crippen LogP contribution in [0.25, 0.3) is 0 Å². The molecule has 0 spiro atoms. The third kappa shape index (κ3) is 3.21. The number of nitrogens with two attached hydrogens (primary N) is 1. The van der Waals surface area contributed by atoms with Crippen LogP contribution in [0.3, 0.4) is 0 Å². The SMILES string of the molecule is Cc1ccc(F)cc1CC(NN)c1cc(F)ccc1C. The molecule has 2 nitrogen and oxygen atoms in total. The predicted octanol–water partition coefficient (Wildman–Crippen LogP) is 3.33. The van der Waals surface area contributed by atoms with Gasteiger partial charge in [-0.2, -0.15) is 0 Å². The van der Waals surface area contributed by atoms with Crippen LogP contribution in [-0.2, 0) is 6.42 Å². The average molecular weight is 276 g/mol. The van der Waals surface area contributed by atoms with Crippen molar-refractivity contribution in [3.63, 3.8) is 0 Å². The van der Waals surface area contributed by atoms with Gasteiger partial charge in [0.1, 0.15) is 11.6 Å². The Morgan fingerprint density at radius 2 is 1.60 bits per heavy atom. The summed E-state index contributed by atoms with van der Waals surface area (Å²) in [7, 11) is 0. The van der Waals surface area contributed by atoms with Gasteiger partial charge in [0.15, 0.2) is 0 Å². The number of hydrazine groups is 1. The van der Waals surface area contributed by atoms with E-state index in [0.29, 0.717) is 6.42 Å². The predicted molar refractivity (Wildman–Crippen MR) is 76.0 cm³/mol. The average Bonchev–Trinajstić information content (AvgIpc) is 2.42. The summed E-state index contributed by atoms with van der Waals surface area (Å²) in [4.78, 5) is 0. The number of hydrogen-bond donors (Lipinski definition) is 2. The Kier molecular flexibility index (Phi) is 4.47. The monoisotopic (exact) mass is 276 g/mol. The highest BCUT2D eigenvalue weighted by Gasteiger charge is 2.15. The maximum absolute atomic E-state index is 13.4. The molecule has 20 heavy (non-hydrogen) atoms. The molecule has 0 saturated heterocycles. The van der Waals surface area contributed by atoms with Gasteiger partial charge in [-0.3, -0.25) is 11.3 Å². The van der Waals surface area contributed by atoms with Crippen LogP contribution in [-0.4, -0.2) is 0 Å². The Balaban J connectivity index is 2.33. The molecule has 0 aromatic heterocycles. The van der Waals surface area contributed by atoms with Crippen molar-refractivity contribution in [2.45, 2.75) is 26.3 Å². The number of nitrogens with one attached hydrogen (secondary N) is 1. The quantitative estimate of drug-likeness (QED) is 0.664. The molecule has 0 amide bonds. The second-order valence-corrected chi connectivity index (χ2v) is 5.00. The van der Waals surface area contributed by atoms with Gasteiger partial charge in [0.2, 0.25) is 0 Å². The van der Waals surface area contributed by atoms with Gasteiger partial charge < -0.3 is 0 Å². The van der Waals surface area contributed by atoms with Crippen molar-refractivity contribution in [3.05, 3.63) is 70.3 Å². The molecule has 3 N–H and O–H groups in total. The molecular weight excluding hydrogens is 258 g/mol. The summed E-state index contributed by atoms with van der Waals surface area (Å²) >= 11 is 0. The third-order valence-electron chi connectivity index (χ3n) is 3.55. The first-order valence-electron chi connectivity index (χ1n) is 6.48. The van der Waals surface area contributed by atoms with E-state index in [4.69, 9.17) is 5.84 Å². The molecule has 2 aromatic rings. The van der Waals surface area contributed by atoms with Crippen molar-refractivity contribution in [1.29, 1.82) is 0 Å². The Bertz CT molecular complexity index is 611. The molecule has 4 heteroatoms. The summed E-state index contributed by atoms with van der Waals surface area (Å²) in [5.74, 6) is 5.01. The topological polar surface area (TPSA) is 38.0 Å². The second kappa shape index (κ2) is 6.11. The molecule has 0 bridgehead atoms. The highest BCUT2D eigenvalue weighted by atomic mass is 19.1. The van der Waals surface area contributed by atoms with Gasteiger partial charge >= 0.3 is 0 Å². The van der Waals surface area contributed by atoms with Gasteiger partial charge in [0.05, 0.1) is 6.04 Å². The van der Waals surface area contributed by atoms with Crippen molar-refractivity contribution in [3.8, 4) is 0 Å². The fraction of sp³-hybridized carbons (Fsp3) is 0.250. The summed E-state index contributed by atoms with van der Waals surface area (Å²) < 4.78 is 26.7. The van der Waals surface area contributed by atoms with Crippen LogP contribution in [0, 0.1) is 25.5 Å². The van der Waals surface area contributed by atoms with Crippen molar-refractivity contribution in [1.82, 2.24) is 5.43 Å². The second-order valence-electron chi connectivity index (χ2n) is 5.00. The fourth-order valence-electron chi connectivity index (χ4n) is 2.33. The Morgan fingerprint density at radius 1 is 1.00 bits per heavy atom. The Morgan fingerprint density at radius 3 is 2.25 bits per heavy atom. The number of benzene rings is 2. The maximum atomic E-state index is 13.4. The van der Waals surface area contributed by atoms with E-state index in [1.54, 1.807) is 12.1 Å². The van der Waals surface area contributed by atoms with Crippen LogP contribution in [0.2, 0.25) is 0 Å². The van der Waals surface area contributed by atoms with Crippen LogP contribution >= 0.6 is 0 Å². The Labute approximate surface area is 117 Å². The molecule has 1 atom stereocenters. The van der Waals surface area contributed by atoms with Crippen LogP contribution in [0.4, 0.5) is 8.78 Å². The number of hydrogen-bond acceptors (Lipinski definition) is 2. The molecule has 0 heterocycles. The van der Waals surface area contributed by atoms with E-state index >= 15 is 0 Å². The molecule has 1 unspecified atom stereocenters. The summed E-state index contributed by atoms with van der Waals surface area (Å²) in [6.07, 6.45) is 0.504. The van der Waals surface area contributed by atoms with E-state index < -0.39 is 0 Å². The first-order valence-corrected chi connectivity index (χ1v) is 6.48. The van der Waals surface area contributed by atoms with Gasteiger partial charge in [-0.05, 0) is 66.8 Å². The molecule has 106 valence electrons.